The first kappa shape index (κ1) is 15.5. The first-order valence-electron chi connectivity index (χ1n) is 7.24. The first-order valence-corrected chi connectivity index (χ1v) is 8.73. The van der Waals surface area contributed by atoms with E-state index >= 15 is 0 Å². The first-order chi connectivity index (χ1) is 10.9. The molecule has 2 aromatic carbocycles. The maximum atomic E-state index is 12.9. The molecule has 0 aliphatic heterocycles. The predicted molar refractivity (Wildman–Crippen MR) is 92.0 cm³/mol. The van der Waals surface area contributed by atoms with E-state index in [9.17, 15) is 8.42 Å². The lowest BCUT2D eigenvalue weighted by Crippen LogP contribution is -2.16. The van der Waals surface area contributed by atoms with Crippen LogP contribution in [-0.2, 0) is 10.0 Å². The summed E-state index contributed by atoms with van der Waals surface area (Å²) >= 11 is 0. The highest BCUT2D eigenvalue weighted by Gasteiger charge is 2.20. The summed E-state index contributed by atoms with van der Waals surface area (Å²) in [5.41, 5.74) is 3.65. The van der Waals surface area contributed by atoms with E-state index in [1.807, 2.05) is 39.0 Å². The van der Waals surface area contributed by atoms with E-state index in [0.29, 0.717) is 16.1 Å². The van der Waals surface area contributed by atoms with Crippen LogP contribution in [0.25, 0.3) is 10.9 Å². The van der Waals surface area contributed by atoms with Crippen molar-refractivity contribution >= 4 is 26.6 Å². The van der Waals surface area contributed by atoms with Gasteiger partial charge in [0.2, 0.25) is 0 Å². The zero-order valence-electron chi connectivity index (χ0n) is 13.2. The molecule has 1 N–H and O–H groups in total. The quantitative estimate of drug-likeness (QED) is 0.797. The molecular formula is C18H17N2O2S. The molecule has 5 heteroatoms. The van der Waals surface area contributed by atoms with Crippen LogP contribution in [0, 0.1) is 26.8 Å². The Labute approximate surface area is 136 Å². The van der Waals surface area contributed by atoms with Crippen LogP contribution >= 0.6 is 0 Å². The number of anilines is 1. The highest BCUT2D eigenvalue weighted by molar-refractivity contribution is 7.92. The van der Waals surface area contributed by atoms with Crippen molar-refractivity contribution in [3.8, 4) is 0 Å². The molecule has 117 valence electrons. The molecule has 3 aromatic rings. The molecule has 1 radical (unpaired) electrons. The summed E-state index contributed by atoms with van der Waals surface area (Å²) in [6.45, 7) is 5.58. The number of sulfonamides is 1. The number of nitrogens with one attached hydrogen (secondary N) is 1. The Morgan fingerprint density at radius 2 is 1.78 bits per heavy atom. The van der Waals surface area contributed by atoms with Gasteiger partial charge in [0.05, 0.1) is 16.1 Å². The van der Waals surface area contributed by atoms with Gasteiger partial charge in [-0.25, -0.2) is 8.42 Å². The van der Waals surface area contributed by atoms with Crippen molar-refractivity contribution in [1.29, 1.82) is 0 Å². The van der Waals surface area contributed by atoms with Crippen molar-refractivity contribution in [2.75, 3.05) is 4.72 Å². The zero-order valence-corrected chi connectivity index (χ0v) is 14.0. The van der Waals surface area contributed by atoms with Crippen LogP contribution in [0.1, 0.15) is 16.7 Å². The van der Waals surface area contributed by atoms with E-state index < -0.39 is 10.0 Å². The average Bonchev–Trinajstić information content (AvgIpc) is 2.45. The number of rotatable bonds is 3. The lowest BCUT2D eigenvalue weighted by atomic mass is 10.1. The van der Waals surface area contributed by atoms with E-state index in [1.165, 1.54) is 0 Å². The van der Waals surface area contributed by atoms with Gasteiger partial charge in [0.1, 0.15) is 0 Å². The number of hydrogen-bond acceptors (Lipinski definition) is 3. The number of fused-ring (bicyclic) bond motifs is 1. The van der Waals surface area contributed by atoms with Crippen molar-refractivity contribution in [3.63, 3.8) is 0 Å². The standard InChI is InChI=1S/C18H17N2O2S/c1-12-10-13(2)18(14(3)11-12)23(21,22)20-17-8-4-7-16-15(17)6-5-9-19-16/h4-6,8-11,20H,1-3H3. The fourth-order valence-electron chi connectivity index (χ4n) is 2.91. The minimum atomic E-state index is -3.67. The summed E-state index contributed by atoms with van der Waals surface area (Å²) in [7, 11) is -3.67. The molecule has 0 spiro atoms. The highest BCUT2D eigenvalue weighted by atomic mass is 32.2. The van der Waals surface area contributed by atoms with Gasteiger partial charge < -0.3 is 0 Å². The summed E-state index contributed by atoms with van der Waals surface area (Å²) < 4.78 is 28.4. The summed E-state index contributed by atoms with van der Waals surface area (Å²) in [5, 5.41) is 0.723. The zero-order chi connectivity index (χ0) is 16.6. The Morgan fingerprint density at radius 1 is 1.09 bits per heavy atom. The Balaban J connectivity index is 2.12. The molecule has 0 atom stereocenters. The molecule has 0 fully saturated rings. The number of hydrogen-bond donors (Lipinski definition) is 1. The maximum Gasteiger partial charge on any atom is 0.262 e. The van der Waals surface area contributed by atoms with E-state index in [1.54, 1.807) is 24.4 Å². The molecule has 0 saturated heterocycles. The summed E-state index contributed by atoms with van der Waals surface area (Å²) in [6.07, 6.45) is 1.66. The van der Waals surface area contributed by atoms with Crippen LogP contribution in [0.2, 0.25) is 0 Å². The van der Waals surface area contributed by atoms with E-state index in [0.717, 1.165) is 22.1 Å². The normalized spacial score (nSPS) is 11.6. The number of nitrogens with zero attached hydrogens (tertiary/aromatic N) is 1. The van der Waals surface area contributed by atoms with Crippen LogP contribution in [-0.4, -0.2) is 13.4 Å². The average molecular weight is 325 g/mol. The second-order valence-corrected chi connectivity index (χ2v) is 7.24. The van der Waals surface area contributed by atoms with Crippen LogP contribution in [0.4, 0.5) is 5.69 Å². The smallest absolute Gasteiger partial charge is 0.262 e. The van der Waals surface area contributed by atoms with Crippen molar-refractivity contribution < 1.29 is 8.42 Å². The Hall–Kier alpha value is -2.40. The minimum absolute atomic E-state index is 0.327. The topological polar surface area (TPSA) is 59.1 Å². The molecule has 0 aliphatic rings. The van der Waals surface area contributed by atoms with Crippen LogP contribution in [0.3, 0.4) is 0 Å². The number of aromatic nitrogens is 1. The van der Waals surface area contributed by atoms with Gasteiger partial charge >= 0.3 is 0 Å². The van der Waals surface area contributed by atoms with Gasteiger partial charge in [0.25, 0.3) is 10.0 Å². The van der Waals surface area contributed by atoms with Gasteiger partial charge in [0, 0.05) is 17.6 Å². The van der Waals surface area contributed by atoms with Crippen molar-refractivity contribution in [2.24, 2.45) is 0 Å². The Bertz CT molecular complexity index is 967. The largest absolute Gasteiger partial charge is 0.279 e. The lowest BCUT2D eigenvalue weighted by molar-refractivity contribution is 0.600. The summed E-state index contributed by atoms with van der Waals surface area (Å²) in [6, 6.07) is 13.7. The van der Waals surface area contributed by atoms with Gasteiger partial charge in [-0.2, -0.15) is 0 Å². The Kier molecular flexibility index (Phi) is 3.82. The number of aryl methyl sites for hydroxylation is 3. The molecule has 4 nitrogen and oxygen atoms in total. The van der Waals surface area contributed by atoms with Crippen molar-refractivity contribution in [2.45, 2.75) is 25.7 Å². The van der Waals surface area contributed by atoms with Gasteiger partial charge in [0.15, 0.2) is 0 Å². The molecule has 1 heterocycles. The number of benzene rings is 2. The molecule has 0 aliphatic carbocycles. The minimum Gasteiger partial charge on any atom is -0.279 e. The predicted octanol–water partition coefficient (Wildman–Crippen LogP) is 3.76. The molecule has 0 bridgehead atoms. The molecule has 0 unspecified atom stereocenters. The van der Waals surface area contributed by atoms with Crippen LogP contribution in [0.15, 0.2) is 47.5 Å². The van der Waals surface area contributed by atoms with Gasteiger partial charge in [-0.05, 0) is 56.2 Å². The maximum absolute atomic E-state index is 12.9. The third-order valence-corrected chi connectivity index (χ3v) is 5.36. The summed E-state index contributed by atoms with van der Waals surface area (Å²) in [5.74, 6) is 0. The fourth-order valence-corrected chi connectivity index (χ4v) is 4.44. The molecular weight excluding hydrogens is 308 g/mol. The fraction of sp³-hybridized carbons (Fsp3) is 0.167. The second-order valence-electron chi connectivity index (χ2n) is 5.62. The Morgan fingerprint density at radius 3 is 2.48 bits per heavy atom. The molecule has 3 rings (SSSR count). The molecule has 0 saturated carbocycles. The summed E-state index contributed by atoms with van der Waals surface area (Å²) in [4.78, 5) is 4.53. The lowest BCUT2D eigenvalue weighted by Gasteiger charge is -2.15. The number of pyridine rings is 1. The van der Waals surface area contributed by atoms with Crippen LogP contribution in [0.5, 0.6) is 0 Å². The van der Waals surface area contributed by atoms with Gasteiger partial charge in [-0.15, -0.1) is 0 Å². The van der Waals surface area contributed by atoms with Gasteiger partial charge in [-0.3, -0.25) is 9.71 Å². The SMILES string of the molecule is Cc1cc(C)c(S(=O)(=O)Nc2cc[c]c3ncccc23)c(C)c1. The van der Waals surface area contributed by atoms with E-state index in [4.69, 9.17) is 0 Å². The van der Waals surface area contributed by atoms with Crippen LogP contribution < -0.4 is 4.72 Å². The third kappa shape index (κ3) is 2.92. The second kappa shape index (κ2) is 5.66. The van der Waals surface area contributed by atoms with E-state index in [-0.39, 0.29) is 0 Å². The highest BCUT2D eigenvalue weighted by Crippen LogP contribution is 2.27. The third-order valence-electron chi connectivity index (χ3n) is 3.69. The monoisotopic (exact) mass is 325 g/mol. The van der Waals surface area contributed by atoms with Crippen molar-refractivity contribution in [3.05, 3.63) is 65.4 Å². The van der Waals surface area contributed by atoms with Gasteiger partial charge in [-0.1, -0.05) is 17.7 Å². The molecule has 23 heavy (non-hydrogen) atoms. The van der Waals surface area contributed by atoms with Crippen molar-refractivity contribution in [1.82, 2.24) is 4.98 Å². The van der Waals surface area contributed by atoms with E-state index in [2.05, 4.69) is 15.8 Å². The molecule has 1 aromatic heterocycles. The molecule has 0 amide bonds.